The van der Waals surface area contributed by atoms with Crippen LogP contribution in [0.15, 0.2) is 56.3 Å². The van der Waals surface area contributed by atoms with E-state index in [0.29, 0.717) is 29.1 Å². The minimum atomic E-state index is -0.717. The molecule has 3 rings (SSSR count). The van der Waals surface area contributed by atoms with E-state index in [2.05, 4.69) is 26.2 Å². The highest BCUT2D eigenvalue weighted by Crippen LogP contribution is 2.21. The Bertz CT molecular complexity index is 951. The quantitative estimate of drug-likeness (QED) is 0.690. The van der Waals surface area contributed by atoms with Gasteiger partial charge in [-0.2, -0.15) is 0 Å². The first-order valence-corrected chi connectivity index (χ1v) is 7.99. The van der Waals surface area contributed by atoms with Crippen LogP contribution in [0.3, 0.4) is 0 Å². The zero-order chi connectivity index (χ0) is 17.1. The highest BCUT2D eigenvalue weighted by Gasteiger charge is 2.15. The summed E-state index contributed by atoms with van der Waals surface area (Å²) in [4.78, 5) is 28.4. The molecule has 0 bridgehead atoms. The fourth-order valence-electron chi connectivity index (χ4n) is 2.14. The van der Waals surface area contributed by atoms with E-state index in [4.69, 9.17) is 9.15 Å². The third kappa shape index (κ3) is 3.46. The smallest absolute Gasteiger partial charge is 0.349 e. The van der Waals surface area contributed by atoms with Gasteiger partial charge >= 0.3 is 5.63 Å². The number of halogens is 1. The Morgan fingerprint density at radius 2 is 2.12 bits per heavy atom. The van der Waals surface area contributed by atoms with Crippen LogP contribution in [0, 0.1) is 0 Å². The molecule has 0 unspecified atom stereocenters. The number of carbonyl (C=O) groups is 1. The molecule has 0 aliphatic heterocycles. The predicted molar refractivity (Wildman–Crippen MR) is 93.5 cm³/mol. The van der Waals surface area contributed by atoms with Crippen molar-refractivity contribution in [2.24, 2.45) is 0 Å². The van der Waals surface area contributed by atoms with Crippen molar-refractivity contribution >= 4 is 38.6 Å². The van der Waals surface area contributed by atoms with Gasteiger partial charge in [-0.1, -0.05) is 0 Å². The van der Waals surface area contributed by atoms with Crippen LogP contribution in [0.25, 0.3) is 11.0 Å². The number of amides is 1. The molecule has 0 atom stereocenters. The van der Waals surface area contributed by atoms with Crippen LogP contribution in [0.1, 0.15) is 17.3 Å². The third-order valence-electron chi connectivity index (χ3n) is 3.23. The number of benzene rings is 1. The van der Waals surface area contributed by atoms with E-state index < -0.39 is 11.5 Å². The Kier molecular flexibility index (Phi) is 4.61. The van der Waals surface area contributed by atoms with Gasteiger partial charge in [-0.15, -0.1) is 0 Å². The second-order valence-electron chi connectivity index (χ2n) is 4.90. The minimum absolute atomic E-state index is 0.0867. The Hall–Kier alpha value is -2.67. The molecule has 24 heavy (non-hydrogen) atoms. The lowest BCUT2D eigenvalue weighted by Crippen LogP contribution is -2.21. The maximum atomic E-state index is 12.3. The summed E-state index contributed by atoms with van der Waals surface area (Å²) in [5, 5.41) is 3.20. The SMILES string of the molecule is CCOc1ccc2cc(C(=O)Nc3ccc(Br)cn3)c(=O)oc2c1. The number of carbonyl (C=O) groups excluding carboxylic acids is 1. The highest BCUT2D eigenvalue weighted by molar-refractivity contribution is 9.10. The fourth-order valence-corrected chi connectivity index (χ4v) is 2.37. The van der Waals surface area contributed by atoms with Crippen LogP contribution < -0.4 is 15.7 Å². The van der Waals surface area contributed by atoms with Crippen LogP contribution in [-0.4, -0.2) is 17.5 Å². The van der Waals surface area contributed by atoms with Crippen molar-refractivity contribution in [1.29, 1.82) is 0 Å². The van der Waals surface area contributed by atoms with E-state index in [1.807, 2.05) is 6.92 Å². The molecule has 0 saturated carbocycles. The molecule has 0 aliphatic rings. The summed E-state index contributed by atoms with van der Waals surface area (Å²) in [6, 6.07) is 9.96. The monoisotopic (exact) mass is 388 g/mol. The molecule has 7 heteroatoms. The summed E-state index contributed by atoms with van der Waals surface area (Å²) >= 11 is 3.26. The summed E-state index contributed by atoms with van der Waals surface area (Å²) in [6.45, 7) is 2.38. The Morgan fingerprint density at radius 3 is 2.83 bits per heavy atom. The number of anilines is 1. The van der Waals surface area contributed by atoms with Crippen LogP contribution in [0.5, 0.6) is 5.75 Å². The molecule has 0 aliphatic carbocycles. The molecule has 1 N–H and O–H groups in total. The molecule has 2 heterocycles. The van der Waals surface area contributed by atoms with Crippen molar-refractivity contribution in [3.05, 3.63) is 63.1 Å². The number of rotatable bonds is 4. The van der Waals surface area contributed by atoms with Crippen molar-refractivity contribution in [3.63, 3.8) is 0 Å². The van der Waals surface area contributed by atoms with Gasteiger partial charge in [0.1, 0.15) is 22.7 Å². The molecule has 3 aromatic rings. The summed E-state index contributed by atoms with van der Waals surface area (Å²) in [5.41, 5.74) is -0.439. The average Bonchev–Trinajstić information content (AvgIpc) is 2.56. The standard InChI is InChI=1S/C17H13BrN2O4/c1-2-23-12-5-3-10-7-13(17(22)24-14(10)8-12)16(21)20-15-6-4-11(18)9-19-15/h3-9H,2H2,1H3,(H,19,20,21). The van der Waals surface area contributed by atoms with Crippen molar-refractivity contribution in [1.82, 2.24) is 4.98 Å². The zero-order valence-corrected chi connectivity index (χ0v) is 14.3. The number of nitrogens with zero attached hydrogens (tertiary/aromatic N) is 1. The van der Waals surface area contributed by atoms with Gasteiger partial charge in [-0.3, -0.25) is 4.79 Å². The third-order valence-corrected chi connectivity index (χ3v) is 3.70. The van der Waals surface area contributed by atoms with E-state index in [1.165, 1.54) is 6.07 Å². The Balaban J connectivity index is 1.92. The topological polar surface area (TPSA) is 81.4 Å². The largest absolute Gasteiger partial charge is 0.494 e. The van der Waals surface area contributed by atoms with E-state index >= 15 is 0 Å². The van der Waals surface area contributed by atoms with Gasteiger partial charge in [-0.25, -0.2) is 9.78 Å². The molecule has 0 spiro atoms. The number of ether oxygens (including phenoxy) is 1. The molecule has 0 saturated heterocycles. The number of hydrogen-bond donors (Lipinski definition) is 1. The molecule has 122 valence electrons. The van der Waals surface area contributed by atoms with Crippen LogP contribution in [-0.2, 0) is 0 Å². The molecule has 0 radical (unpaired) electrons. The van der Waals surface area contributed by atoms with Gasteiger partial charge in [0.25, 0.3) is 5.91 Å². The number of fused-ring (bicyclic) bond motifs is 1. The van der Waals surface area contributed by atoms with Crippen molar-refractivity contribution in [3.8, 4) is 5.75 Å². The first kappa shape index (κ1) is 16.2. The maximum Gasteiger partial charge on any atom is 0.349 e. The molecular weight excluding hydrogens is 376 g/mol. The molecule has 1 amide bonds. The summed E-state index contributed by atoms with van der Waals surface area (Å²) in [6.07, 6.45) is 1.55. The van der Waals surface area contributed by atoms with E-state index in [-0.39, 0.29) is 5.56 Å². The number of pyridine rings is 1. The van der Waals surface area contributed by atoms with Crippen molar-refractivity contribution in [2.45, 2.75) is 6.92 Å². The van der Waals surface area contributed by atoms with E-state index in [0.717, 1.165) is 4.47 Å². The van der Waals surface area contributed by atoms with Gasteiger partial charge in [-0.05, 0) is 53.2 Å². The summed E-state index contributed by atoms with van der Waals surface area (Å²) in [7, 11) is 0. The highest BCUT2D eigenvalue weighted by atomic mass is 79.9. The second-order valence-corrected chi connectivity index (χ2v) is 5.81. The molecule has 6 nitrogen and oxygen atoms in total. The Morgan fingerprint density at radius 1 is 1.29 bits per heavy atom. The van der Waals surface area contributed by atoms with E-state index in [9.17, 15) is 9.59 Å². The van der Waals surface area contributed by atoms with Crippen LogP contribution in [0.4, 0.5) is 5.82 Å². The lowest BCUT2D eigenvalue weighted by molar-refractivity contribution is 0.102. The van der Waals surface area contributed by atoms with Gasteiger partial charge in [0, 0.05) is 22.1 Å². The lowest BCUT2D eigenvalue weighted by Gasteiger charge is -2.06. The number of nitrogens with one attached hydrogen (secondary N) is 1. The van der Waals surface area contributed by atoms with Crippen molar-refractivity contribution in [2.75, 3.05) is 11.9 Å². The van der Waals surface area contributed by atoms with Gasteiger partial charge < -0.3 is 14.5 Å². The minimum Gasteiger partial charge on any atom is -0.494 e. The lowest BCUT2D eigenvalue weighted by atomic mass is 10.1. The molecule has 2 aromatic heterocycles. The molecule has 0 fully saturated rings. The van der Waals surface area contributed by atoms with Gasteiger partial charge in [0.05, 0.1) is 6.61 Å². The predicted octanol–water partition coefficient (Wildman–Crippen LogP) is 3.60. The zero-order valence-electron chi connectivity index (χ0n) is 12.7. The first-order chi connectivity index (χ1) is 11.6. The van der Waals surface area contributed by atoms with Gasteiger partial charge in [0.15, 0.2) is 0 Å². The van der Waals surface area contributed by atoms with Crippen LogP contribution >= 0.6 is 15.9 Å². The summed E-state index contributed by atoms with van der Waals surface area (Å²) in [5.74, 6) is 0.369. The van der Waals surface area contributed by atoms with Crippen LogP contribution in [0.2, 0.25) is 0 Å². The molecule has 1 aromatic carbocycles. The number of hydrogen-bond acceptors (Lipinski definition) is 5. The summed E-state index contributed by atoms with van der Waals surface area (Å²) < 4.78 is 11.4. The fraction of sp³-hybridized carbons (Fsp3) is 0.118. The second kappa shape index (κ2) is 6.84. The Labute approximate surface area is 145 Å². The molecular formula is C17H13BrN2O4. The maximum absolute atomic E-state index is 12.3. The van der Waals surface area contributed by atoms with Crippen molar-refractivity contribution < 1.29 is 13.9 Å². The average molecular weight is 389 g/mol. The van der Waals surface area contributed by atoms with Gasteiger partial charge in [0.2, 0.25) is 0 Å². The normalized spacial score (nSPS) is 10.6. The first-order valence-electron chi connectivity index (χ1n) is 7.20. The van der Waals surface area contributed by atoms with E-state index in [1.54, 1.807) is 36.5 Å². The number of aromatic nitrogens is 1.